The Morgan fingerprint density at radius 1 is 0.882 bits per heavy atom. The fraction of sp³-hybridized carbons (Fsp3) is 0.583. The second-order valence-corrected chi connectivity index (χ2v) is 4.75. The summed E-state index contributed by atoms with van der Waals surface area (Å²) in [4.78, 5) is 34.6. The number of carbonyl (C=O) groups is 3. The van der Waals surface area contributed by atoms with Gasteiger partial charge < -0.3 is 9.47 Å². The number of rotatable bonds is 0. The van der Waals surface area contributed by atoms with E-state index in [0.717, 1.165) is 0 Å². The molecule has 2 aliphatic heterocycles. The minimum absolute atomic E-state index is 0.0628. The smallest absolute Gasteiger partial charge is 0.317 e. The highest BCUT2D eigenvalue weighted by Crippen LogP contribution is 2.49. The highest BCUT2D eigenvalue weighted by molar-refractivity contribution is 5.97. The lowest BCUT2D eigenvalue weighted by atomic mass is 9.69. The average Bonchev–Trinajstić information content (AvgIpc) is 2.77. The lowest BCUT2D eigenvalue weighted by Crippen LogP contribution is -2.33. The minimum Gasteiger partial charge on any atom is -0.431 e. The molecule has 3 fully saturated rings. The van der Waals surface area contributed by atoms with E-state index < -0.39 is 23.8 Å². The van der Waals surface area contributed by atoms with Crippen molar-refractivity contribution in [1.82, 2.24) is 0 Å². The van der Waals surface area contributed by atoms with Crippen LogP contribution < -0.4 is 0 Å². The van der Waals surface area contributed by atoms with Crippen LogP contribution in [0.2, 0.25) is 0 Å². The van der Waals surface area contributed by atoms with Crippen LogP contribution in [-0.4, -0.2) is 17.9 Å². The molecule has 17 heavy (non-hydrogen) atoms. The van der Waals surface area contributed by atoms with Crippen LogP contribution in [0.15, 0.2) is 11.8 Å². The van der Waals surface area contributed by atoms with Crippen LogP contribution in [0.3, 0.4) is 0 Å². The summed E-state index contributed by atoms with van der Waals surface area (Å²) in [6, 6.07) is 0. The largest absolute Gasteiger partial charge is 0.431 e. The Balaban J connectivity index is 1.93. The molecule has 3 rings (SSSR count). The number of hydrogen-bond donors (Lipinski definition) is 0. The van der Waals surface area contributed by atoms with Crippen LogP contribution in [-0.2, 0) is 23.9 Å². The van der Waals surface area contributed by atoms with Crippen molar-refractivity contribution in [2.24, 2.45) is 23.7 Å². The van der Waals surface area contributed by atoms with Crippen molar-refractivity contribution in [3.05, 3.63) is 11.8 Å². The van der Waals surface area contributed by atoms with Gasteiger partial charge in [0.1, 0.15) is 5.76 Å². The normalized spacial score (nSPS) is 42.2. The van der Waals surface area contributed by atoms with Crippen LogP contribution in [0.25, 0.3) is 0 Å². The van der Waals surface area contributed by atoms with Gasteiger partial charge in [0.2, 0.25) is 0 Å². The monoisotopic (exact) mass is 236 g/mol. The van der Waals surface area contributed by atoms with Gasteiger partial charge in [0, 0.05) is 5.92 Å². The van der Waals surface area contributed by atoms with Crippen molar-refractivity contribution in [2.75, 3.05) is 0 Å². The molecule has 0 bridgehead atoms. The molecule has 0 aromatic rings. The molecule has 2 heterocycles. The summed E-state index contributed by atoms with van der Waals surface area (Å²) in [5.74, 6) is -1.79. The average molecular weight is 236 g/mol. The summed E-state index contributed by atoms with van der Waals surface area (Å²) in [5.41, 5.74) is 0. The van der Waals surface area contributed by atoms with E-state index in [4.69, 9.17) is 4.74 Å². The maximum Gasteiger partial charge on any atom is 0.317 e. The summed E-state index contributed by atoms with van der Waals surface area (Å²) in [6.45, 7) is 1.80. The Morgan fingerprint density at radius 3 is 1.94 bits per heavy atom. The number of ether oxygens (including phenoxy) is 2. The first-order valence-corrected chi connectivity index (χ1v) is 5.75. The van der Waals surface area contributed by atoms with E-state index in [0.29, 0.717) is 18.6 Å². The first kappa shape index (κ1) is 10.5. The van der Waals surface area contributed by atoms with Crippen LogP contribution in [0.4, 0.5) is 0 Å². The Morgan fingerprint density at radius 2 is 1.35 bits per heavy atom. The third kappa shape index (κ3) is 1.34. The zero-order valence-electron chi connectivity index (χ0n) is 9.34. The molecule has 0 spiro atoms. The number of allylic oxidation sites excluding steroid dienone is 2. The molecular formula is C12H12O5. The van der Waals surface area contributed by atoms with Crippen molar-refractivity contribution in [1.29, 1.82) is 0 Å². The highest BCUT2D eigenvalue weighted by Gasteiger charge is 2.56. The highest BCUT2D eigenvalue weighted by atomic mass is 16.6. The molecular weight excluding hydrogens is 224 g/mol. The Kier molecular flexibility index (Phi) is 2.11. The van der Waals surface area contributed by atoms with Crippen molar-refractivity contribution < 1.29 is 23.9 Å². The predicted octanol–water partition coefficient (Wildman–Crippen LogP) is 0.789. The van der Waals surface area contributed by atoms with E-state index in [9.17, 15) is 14.4 Å². The molecule has 5 nitrogen and oxygen atoms in total. The number of esters is 3. The molecule has 1 saturated carbocycles. The Bertz CT molecular complexity index is 450. The second-order valence-electron chi connectivity index (χ2n) is 4.75. The van der Waals surface area contributed by atoms with E-state index in [2.05, 4.69) is 4.74 Å². The fourth-order valence-electron chi connectivity index (χ4n) is 3.09. The van der Waals surface area contributed by atoms with Gasteiger partial charge in [0.05, 0.1) is 17.8 Å². The summed E-state index contributed by atoms with van der Waals surface area (Å²) in [5, 5.41) is 0. The van der Waals surface area contributed by atoms with Gasteiger partial charge in [-0.25, -0.2) is 0 Å². The molecule has 90 valence electrons. The van der Waals surface area contributed by atoms with Gasteiger partial charge in [-0.3, -0.25) is 14.4 Å². The van der Waals surface area contributed by atoms with Crippen molar-refractivity contribution >= 4 is 17.9 Å². The van der Waals surface area contributed by atoms with Crippen molar-refractivity contribution in [3.8, 4) is 0 Å². The molecule has 4 atom stereocenters. The first-order valence-electron chi connectivity index (χ1n) is 5.75. The lowest BCUT2D eigenvalue weighted by molar-refractivity contribution is -0.153. The lowest BCUT2D eigenvalue weighted by Gasteiger charge is -2.27. The zero-order valence-corrected chi connectivity index (χ0v) is 9.34. The fourth-order valence-corrected chi connectivity index (χ4v) is 3.09. The number of carbonyl (C=O) groups excluding carboxylic acids is 3. The van der Waals surface area contributed by atoms with Crippen LogP contribution in [0.5, 0.6) is 0 Å². The number of hydrogen-bond acceptors (Lipinski definition) is 5. The molecule has 1 aliphatic carbocycles. The maximum atomic E-state index is 11.7. The third-order valence-electron chi connectivity index (χ3n) is 3.96. The summed E-state index contributed by atoms with van der Waals surface area (Å²) in [7, 11) is 0. The van der Waals surface area contributed by atoms with Gasteiger partial charge in [0.15, 0.2) is 0 Å². The molecule has 2 saturated heterocycles. The third-order valence-corrected chi connectivity index (χ3v) is 3.96. The SMILES string of the molecule is CC=C1OC(=O)C2CC3C(=O)OC(=O)C3CC12. The molecule has 0 radical (unpaired) electrons. The molecule has 5 heteroatoms. The summed E-state index contributed by atoms with van der Waals surface area (Å²) < 4.78 is 9.78. The quantitative estimate of drug-likeness (QED) is 0.459. The maximum absolute atomic E-state index is 11.7. The molecule has 0 aromatic heterocycles. The second kappa shape index (κ2) is 3.42. The van der Waals surface area contributed by atoms with E-state index in [1.165, 1.54) is 0 Å². The topological polar surface area (TPSA) is 69.7 Å². The van der Waals surface area contributed by atoms with Gasteiger partial charge in [-0.15, -0.1) is 0 Å². The van der Waals surface area contributed by atoms with Gasteiger partial charge in [0.25, 0.3) is 0 Å². The number of fused-ring (bicyclic) bond motifs is 2. The molecule has 0 N–H and O–H groups in total. The van der Waals surface area contributed by atoms with Gasteiger partial charge in [-0.05, 0) is 25.8 Å². The van der Waals surface area contributed by atoms with Gasteiger partial charge >= 0.3 is 17.9 Å². The number of cyclic esters (lactones) is 3. The van der Waals surface area contributed by atoms with E-state index in [1.807, 2.05) is 0 Å². The predicted molar refractivity (Wildman–Crippen MR) is 54.1 cm³/mol. The summed E-state index contributed by atoms with van der Waals surface area (Å²) in [6.07, 6.45) is 2.60. The van der Waals surface area contributed by atoms with Gasteiger partial charge in [-0.2, -0.15) is 0 Å². The summed E-state index contributed by atoms with van der Waals surface area (Å²) >= 11 is 0. The van der Waals surface area contributed by atoms with Crippen molar-refractivity contribution in [3.63, 3.8) is 0 Å². The molecule has 4 unspecified atom stereocenters. The van der Waals surface area contributed by atoms with E-state index >= 15 is 0 Å². The Labute approximate surface area is 97.8 Å². The van der Waals surface area contributed by atoms with E-state index in [1.54, 1.807) is 13.0 Å². The molecule has 3 aliphatic rings. The zero-order chi connectivity index (χ0) is 12.2. The van der Waals surface area contributed by atoms with Crippen molar-refractivity contribution in [2.45, 2.75) is 19.8 Å². The Hall–Kier alpha value is -1.65. The standard InChI is InChI=1S/C12H12O5/c1-2-9-5-3-7-8(12(15)17-11(7)14)4-6(5)10(13)16-9/h2,5-8H,3-4H2,1H3. The molecule has 0 amide bonds. The molecule has 0 aromatic carbocycles. The van der Waals surface area contributed by atoms with E-state index in [-0.39, 0.29) is 17.8 Å². The van der Waals surface area contributed by atoms with Crippen LogP contribution in [0.1, 0.15) is 19.8 Å². The van der Waals surface area contributed by atoms with Gasteiger partial charge in [-0.1, -0.05) is 0 Å². The first-order chi connectivity index (χ1) is 8.11. The minimum atomic E-state index is -0.486. The van der Waals surface area contributed by atoms with Crippen LogP contribution >= 0.6 is 0 Å². The van der Waals surface area contributed by atoms with Crippen LogP contribution in [0, 0.1) is 23.7 Å².